The second-order valence-corrected chi connectivity index (χ2v) is 4.22. The van der Waals surface area contributed by atoms with Gasteiger partial charge in [-0.05, 0) is 12.2 Å². The summed E-state index contributed by atoms with van der Waals surface area (Å²) in [6, 6.07) is 0. The van der Waals surface area contributed by atoms with Gasteiger partial charge >= 0.3 is 0 Å². The highest BCUT2D eigenvalue weighted by Gasteiger charge is 2.15. The van der Waals surface area contributed by atoms with Crippen LogP contribution in [0, 0.1) is 4.77 Å². The first-order chi connectivity index (χ1) is 4.91. The van der Waals surface area contributed by atoms with Crippen LogP contribution in [-0.2, 0) is 12.5 Å². The van der Waals surface area contributed by atoms with Crippen molar-refractivity contribution in [2.75, 3.05) is 0 Å². The Morgan fingerprint density at radius 3 is 2.18 bits per heavy atom. The van der Waals surface area contributed by atoms with E-state index in [-0.39, 0.29) is 5.41 Å². The molecule has 62 valence electrons. The number of aryl methyl sites for hydroxylation is 1. The van der Waals surface area contributed by atoms with Crippen molar-refractivity contribution in [1.82, 2.24) is 9.55 Å². The molecule has 0 unspecified atom stereocenters. The largest absolute Gasteiger partial charge is 0.334 e. The number of hydrogen-bond acceptors (Lipinski definition) is 1. The first kappa shape index (κ1) is 8.53. The first-order valence-electron chi connectivity index (χ1n) is 3.67. The maximum absolute atomic E-state index is 5.05. The predicted molar refractivity (Wildman–Crippen MR) is 49.3 cm³/mol. The lowest BCUT2D eigenvalue weighted by atomic mass is 9.93. The summed E-state index contributed by atoms with van der Waals surface area (Å²) in [5.41, 5.74) is 1.35. The SMILES string of the molecule is Cn1cc(C(C)(C)C)[nH]c1=S. The molecule has 1 heterocycles. The van der Waals surface area contributed by atoms with E-state index in [2.05, 4.69) is 25.8 Å². The fraction of sp³-hybridized carbons (Fsp3) is 0.625. The Labute approximate surface area is 72.3 Å². The molecule has 0 spiro atoms. The van der Waals surface area contributed by atoms with Crippen molar-refractivity contribution in [3.8, 4) is 0 Å². The quantitative estimate of drug-likeness (QED) is 0.593. The number of rotatable bonds is 0. The minimum atomic E-state index is 0.162. The smallest absolute Gasteiger partial charge is 0.177 e. The molecule has 1 rings (SSSR count). The molecule has 0 saturated heterocycles. The molecule has 1 aromatic rings. The standard InChI is InChI=1S/C8H14N2S/c1-8(2,3)6-5-10(4)7(11)9-6/h5H,1-4H3,(H,9,11). The molecule has 0 atom stereocenters. The van der Waals surface area contributed by atoms with Gasteiger partial charge in [0.05, 0.1) is 0 Å². The highest BCUT2D eigenvalue weighted by Crippen LogP contribution is 2.19. The van der Waals surface area contributed by atoms with E-state index in [1.165, 1.54) is 5.69 Å². The van der Waals surface area contributed by atoms with Crippen LogP contribution in [0.1, 0.15) is 26.5 Å². The number of imidazole rings is 1. The summed E-state index contributed by atoms with van der Waals surface area (Å²) in [5.74, 6) is 0. The Bertz CT molecular complexity index is 301. The summed E-state index contributed by atoms with van der Waals surface area (Å²) in [6.07, 6.45) is 2.04. The van der Waals surface area contributed by atoms with Crippen LogP contribution in [0.5, 0.6) is 0 Å². The van der Waals surface area contributed by atoms with E-state index in [1.807, 2.05) is 17.8 Å². The van der Waals surface area contributed by atoms with Crippen LogP contribution in [0.3, 0.4) is 0 Å². The van der Waals surface area contributed by atoms with Crippen LogP contribution in [-0.4, -0.2) is 9.55 Å². The van der Waals surface area contributed by atoms with Crippen LogP contribution in [0.2, 0.25) is 0 Å². The molecule has 0 saturated carbocycles. The van der Waals surface area contributed by atoms with Gasteiger partial charge in [0.15, 0.2) is 4.77 Å². The lowest BCUT2D eigenvalue weighted by molar-refractivity contribution is 0.571. The Kier molecular flexibility index (Phi) is 1.92. The van der Waals surface area contributed by atoms with E-state index < -0.39 is 0 Å². The fourth-order valence-electron chi connectivity index (χ4n) is 0.869. The highest BCUT2D eigenvalue weighted by molar-refractivity contribution is 7.71. The Morgan fingerprint density at radius 1 is 1.45 bits per heavy atom. The lowest BCUT2D eigenvalue weighted by Crippen LogP contribution is -2.11. The van der Waals surface area contributed by atoms with Gasteiger partial charge in [-0.2, -0.15) is 0 Å². The number of nitrogens with zero attached hydrogens (tertiary/aromatic N) is 1. The molecule has 0 amide bonds. The van der Waals surface area contributed by atoms with Gasteiger partial charge in [-0.15, -0.1) is 0 Å². The molecule has 2 nitrogen and oxygen atoms in total. The number of aromatic nitrogens is 2. The van der Waals surface area contributed by atoms with E-state index in [0.717, 1.165) is 4.77 Å². The summed E-state index contributed by atoms with van der Waals surface area (Å²) in [4.78, 5) is 3.16. The van der Waals surface area contributed by atoms with E-state index in [0.29, 0.717) is 0 Å². The second-order valence-electron chi connectivity index (χ2n) is 3.83. The molecule has 0 aliphatic carbocycles. The van der Waals surface area contributed by atoms with E-state index in [9.17, 15) is 0 Å². The van der Waals surface area contributed by atoms with Crippen LogP contribution in [0.15, 0.2) is 6.20 Å². The van der Waals surface area contributed by atoms with Gasteiger partial charge in [0, 0.05) is 24.4 Å². The van der Waals surface area contributed by atoms with E-state index in [1.54, 1.807) is 0 Å². The maximum Gasteiger partial charge on any atom is 0.177 e. The van der Waals surface area contributed by atoms with Crippen molar-refractivity contribution >= 4 is 12.2 Å². The average molecular weight is 170 g/mol. The second kappa shape index (κ2) is 2.48. The molecule has 1 N–H and O–H groups in total. The van der Waals surface area contributed by atoms with Gasteiger partial charge in [-0.1, -0.05) is 20.8 Å². The minimum absolute atomic E-state index is 0.162. The zero-order valence-electron chi connectivity index (χ0n) is 7.43. The van der Waals surface area contributed by atoms with Crippen molar-refractivity contribution in [2.45, 2.75) is 26.2 Å². The monoisotopic (exact) mass is 170 g/mol. The van der Waals surface area contributed by atoms with Crippen LogP contribution in [0.25, 0.3) is 0 Å². The molecule has 0 fully saturated rings. The number of aromatic amines is 1. The molecular weight excluding hydrogens is 156 g/mol. The molecule has 3 heteroatoms. The third kappa shape index (κ3) is 1.71. The van der Waals surface area contributed by atoms with Crippen LogP contribution in [0.4, 0.5) is 0 Å². The predicted octanol–water partition coefficient (Wildman–Crippen LogP) is 2.38. The van der Waals surface area contributed by atoms with Crippen molar-refractivity contribution < 1.29 is 0 Å². The molecule has 11 heavy (non-hydrogen) atoms. The average Bonchev–Trinajstić information content (AvgIpc) is 2.11. The van der Waals surface area contributed by atoms with Gasteiger partial charge in [-0.25, -0.2) is 0 Å². The third-order valence-electron chi connectivity index (χ3n) is 1.69. The number of nitrogens with one attached hydrogen (secondary N) is 1. The molecule has 0 aliphatic heterocycles. The van der Waals surface area contributed by atoms with Crippen molar-refractivity contribution in [3.05, 3.63) is 16.7 Å². The van der Waals surface area contributed by atoms with E-state index in [4.69, 9.17) is 12.2 Å². The maximum atomic E-state index is 5.05. The summed E-state index contributed by atoms with van der Waals surface area (Å²) in [6.45, 7) is 6.48. The topological polar surface area (TPSA) is 20.7 Å². The van der Waals surface area contributed by atoms with Gasteiger partial charge in [-0.3, -0.25) is 0 Å². The molecule has 1 aromatic heterocycles. The summed E-state index contributed by atoms with van der Waals surface area (Å²) in [5, 5.41) is 0. The normalized spacial score (nSPS) is 12.0. The highest BCUT2D eigenvalue weighted by atomic mass is 32.1. The number of hydrogen-bond donors (Lipinski definition) is 1. The van der Waals surface area contributed by atoms with Gasteiger partial charge in [0.25, 0.3) is 0 Å². The summed E-state index contributed by atoms with van der Waals surface area (Å²) >= 11 is 5.05. The zero-order chi connectivity index (χ0) is 8.65. The van der Waals surface area contributed by atoms with Gasteiger partial charge in [0.1, 0.15) is 0 Å². The third-order valence-corrected chi connectivity index (χ3v) is 2.08. The molecule has 0 bridgehead atoms. The van der Waals surface area contributed by atoms with E-state index >= 15 is 0 Å². The van der Waals surface area contributed by atoms with Crippen LogP contribution < -0.4 is 0 Å². The molecule has 0 aliphatic rings. The summed E-state index contributed by atoms with van der Waals surface area (Å²) < 4.78 is 2.71. The van der Waals surface area contributed by atoms with Crippen LogP contribution >= 0.6 is 12.2 Å². The minimum Gasteiger partial charge on any atom is -0.334 e. The summed E-state index contributed by atoms with van der Waals surface area (Å²) in [7, 11) is 1.95. The number of H-pyrrole nitrogens is 1. The van der Waals surface area contributed by atoms with Gasteiger partial charge in [0.2, 0.25) is 0 Å². The lowest BCUT2D eigenvalue weighted by Gasteiger charge is -2.14. The molecular formula is C8H14N2S. The Balaban J connectivity index is 3.18. The van der Waals surface area contributed by atoms with Crippen molar-refractivity contribution in [3.63, 3.8) is 0 Å². The Morgan fingerprint density at radius 2 is 2.00 bits per heavy atom. The molecule has 0 radical (unpaired) electrons. The fourth-order valence-corrected chi connectivity index (χ4v) is 1.03. The Hall–Kier alpha value is -0.570. The van der Waals surface area contributed by atoms with Gasteiger partial charge < -0.3 is 9.55 Å². The van der Waals surface area contributed by atoms with Crippen molar-refractivity contribution in [2.24, 2.45) is 7.05 Å². The zero-order valence-corrected chi connectivity index (χ0v) is 8.25. The van der Waals surface area contributed by atoms with Crippen molar-refractivity contribution in [1.29, 1.82) is 0 Å². The molecule has 0 aromatic carbocycles. The first-order valence-corrected chi connectivity index (χ1v) is 4.08.